The van der Waals surface area contributed by atoms with Crippen molar-refractivity contribution >= 4 is 6.09 Å². The van der Waals surface area contributed by atoms with Gasteiger partial charge >= 0.3 is 6.09 Å². The molecule has 1 amide bonds. The van der Waals surface area contributed by atoms with Crippen LogP contribution in [0.3, 0.4) is 0 Å². The van der Waals surface area contributed by atoms with Crippen LogP contribution in [0.5, 0.6) is 5.75 Å². The van der Waals surface area contributed by atoms with Crippen molar-refractivity contribution in [1.82, 2.24) is 4.90 Å². The minimum absolute atomic E-state index is 0.0482. The number of hydrogen-bond acceptors (Lipinski definition) is 4. The minimum Gasteiger partial charge on any atom is -0.497 e. The highest BCUT2D eigenvalue weighted by molar-refractivity contribution is 5.69. The molecular weight excluding hydrogens is 354 g/mol. The highest BCUT2D eigenvalue weighted by atomic mass is 16.6. The highest BCUT2D eigenvalue weighted by Crippen LogP contribution is 2.49. The molecule has 1 heterocycles. The lowest BCUT2D eigenvalue weighted by atomic mass is 9.65. The van der Waals surface area contributed by atoms with E-state index in [1.165, 1.54) is 5.56 Å². The molecular formula is C23H27NO4. The molecule has 5 heteroatoms. The molecule has 0 aromatic heterocycles. The van der Waals surface area contributed by atoms with Gasteiger partial charge in [0.2, 0.25) is 0 Å². The molecule has 2 aromatic carbocycles. The standard InChI is InChI=1S/C23H27NO4/c1-27-20-9-7-18(8-10-20)23-12-11-19(25)15-21(23)24(14-13-23)22(26)28-16-17-5-3-2-4-6-17/h2-10,19,21,25H,11-16H2,1H3/t19-,21+,23+/m0/s1. The van der Waals surface area contributed by atoms with Crippen molar-refractivity contribution < 1.29 is 19.4 Å². The van der Waals surface area contributed by atoms with Crippen LogP contribution in [0.1, 0.15) is 36.8 Å². The van der Waals surface area contributed by atoms with Crippen LogP contribution < -0.4 is 4.74 Å². The lowest BCUT2D eigenvalue weighted by Crippen LogP contribution is -2.50. The van der Waals surface area contributed by atoms with E-state index >= 15 is 0 Å². The fourth-order valence-corrected chi connectivity index (χ4v) is 4.81. The molecule has 28 heavy (non-hydrogen) atoms. The predicted octanol–water partition coefficient (Wildman–Crippen LogP) is 3.89. The molecule has 1 aliphatic carbocycles. The van der Waals surface area contributed by atoms with E-state index in [-0.39, 0.29) is 30.3 Å². The van der Waals surface area contributed by atoms with Crippen LogP contribution in [0.2, 0.25) is 0 Å². The van der Waals surface area contributed by atoms with E-state index in [0.29, 0.717) is 13.0 Å². The topological polar surface area (TPSA) is 59.0 Å². The van der Waals surface area contributed by atoms with Crippen molar-refractivity contribution in [2.24, 2.45) is 0 Å². The maximum atomic E-state index is 12.9. The Morgan fingerprint density at radius 2 is 1.89 bits per heavy atom. The quantitative estimate of drug-likeness (QED) is 0.873. The second-order valence-electron chi connectivity index (χ2n) is 7.81. The van der Waals surface area contributed by atoms with Crippen LogP contribution in [-0.2, 0) is 16.8 Å². The number of carbonyl (C=O) groups excluding carboxylic acids is 1. The number of benzene rings is 2. The average Bonchev–Trinajstić information content (AvgIpc) is 3.12. The number of likely N-dealkylation sites (tertiary alicyclic amines) is 1. The van der Waals surface area contributed by atoms with Crippen molar-refractivity contribution in [3.63, 3.8) is 0 Å². The first-order valence-electron chi connectivity index (χ1n) is 9.92. The Kier molecular flexibility index (Phi) is 5.27. The lowest BCUT2D eigenvalue weighted by Gasteiger charge is -2.43. The molecule has 2 fully saturated rings. The number of carbonyl (C=O) groups is 1. The number of nitrogens with zero attached hydrogens (tertiary/aromatic N) is 1. The van der Waals surface area contributed by atoms with Gasteiger partial charge in [0.1, 0.15) is 12.4 Å². The van der Waals surface area contributed by atoms with E-state index in [4.69, 9.17) is 9.47 Å². The van der Waals surface area contributed by atoms with Crippen LogP contribution in [0.15, 0.2) is 54.6 Å². The third-order valence-electron chi connectivity index (χ3n) is 6.34. The van der Waals surface area contributed by atoms with Gasteiger partial charge in [0.05, 0.1) is 13.2 Å². The van der Waals surface area contributed by atoms with Crippen molar-refractivity contribution in [3.05, 3.63) is 65.7 Å². The van der Waals surface area contributed by atoms with Gasteiger partial charge in [-0.2, -0.15) is 0 Å². The van der Waals surface area contributed by atoms with Gasteiger partial charge in [-0.15, -0.1) is 0 Å². The summed E-state index contributed by atoms with van der Waals surface area (Å²) in [6, 6.07) is 17.8. The number of hydrogen-bond donors (Lipinski definition) is 1. The monoisotopic (exact) mass is 381 g/mol. The Bertz CT molecular complexity index is 807. The summed E-state index contributed by atoms with van der Waals surface area (Å²) in [4.78, 5) is 14.7. The summed E-state index contributed by atoms with van der Waals surface area (Å²) in [6.45, 7) is 0.915. The molecule has 2 aliphatic rings. The summed E-state index contributed by atoms with van der Waals surface area (Å²) in [6.07, 6.45) is 2.43. The second kappa shape index (κ2) is 7.84. The fourth-order valence-electron chi connectivity index (χ4n) is 4.81. The molecule has 5 nitrogen and oxygen atoms in total. The fraction of sp³-hybridized carbons (Fsp3) is 0.435. The number of rotatable bonds is 4. The molecule has 1 saturated carbocycles. The molecule has 0 unspecified atom stereocenters. The maximum Gasteiger partial charge on any atom is 0.410 e. The Labute approximate surface area is 165 Å². The maximum absolute atomic E-state index is 12.9. The summed E-state index contributed by atoms with van der Waals surface area (Å²) < 4.78 is 10.9. The Morgan fingerprint density at radius 1 is 1.14 bits per heavy atom. The predicted molar refractivity (Wildman–Crippen MR) is 106 cm³/mol. The summed E-state index contributed by atoms with van der Waals surface area (Å²) in [5, 5.41) is 10.3. The van der Waals surface area contributed by atoms with Gasteiger partial charge in [-0.1, -0.05) is 42.5 Å². The van der Waals surface area contributed by atoms with Gasteiger partial charge in [-0.3, -0.25) is 0 Å². The number of methoxy groups -OCH3 is 1. The van der Waals surface area contributed by atoms with Gasteiger partial charge in [0.25, 0.3) is 0 Å². The van der Waals surface area contributed by atoms with Crippen molar-refractivity contribution in [2.75, 3.05) is 13.7 Å². The third kappa shape index (κ3) is 3.47. The number of aliphatic hydroxyl groups is 1. The van der Waals surface area contributed by atoms with Gasteiger partial charge in [-0.05, 0) is 48.9 Å². The molecule has 2 aromatic rings. The Hall–Kier alpha value is -2.53. The lowest BCUT2D eigenvalue weighted by molar-refractivity contribution is 0.0374. The number of ether oxygens (including phenoxy) is 2. The van der Waals surface area contributed by atoms with Crippen molar-refractivity contribution in [1.29, 1.82) is 0 Å². The van der Waals surface area contributed by atoms with Crippen LogP contribution in [-0.4, -0.2) is 41.9 Å². The SMILES string of the molecule is COc1ccc([C@]23CC[C@H](O)C[C@H]2N(C(=O)OCc2ccccc2)CC3)cc1. The highest BCUT2D eigenvalue weighted by Gasteiger charge is 2.53. The summed E-state index contributed by atoms with van der Waals surface area (Å²) >= 11 is 0. The molecule has 3 atom stereocenters. The summed E-state index contributed by atoms with van der Waals surface area (Å²) in [7, 11) is 1.66. The van der Waals surface area contributed by atoms with E-state index in [1.807, 2.05) is 47.4 Å². The summed E-state index contributed by atoms with van der Waals surface area (Å²) in [5.74, 6) is 0.824. The van der Waals surface area contributed by atoms with Crippen LogP contribution in [0.25, 0.3) is 0 Å². The zero-order chi connectivity index (χ0) is 19.6. The number of aliphatic hydroxyl groups excluding tert-OH is 1. The van der Waals surface area contributed by atoms with E-state index in [9.17, 15) is 9.90 Å². The Balaban J connectivity index is 1.54. The molecule has 0 bridgehead atoms. The normalized spacial score (nSPS) is 26.6. The first-order chi connectivity index (χ1) is 13.6. The molecule has 1 aliphatic heterocycles. The second-order valence-corrected chi connectivity index (χ2v) is 7.81. The minimum atomic E-state index is -0.376. The Morgan fingerprint density at radius 3 is 2.61 bits per heavy atom. The van der Waals surface area contributed by atoms with Crippen molar-refractivity contribution in [2.45, 2.75) is 49.9 Å². The zero-order valence-corrected chi connectivity index (χ0v) is 16.2. The van der Waals surface area contributed by atoms with Gasteiger partial charge < -0.3 is 19.5 Å². The average molecular weight is 381 g/mol. The van der Waals surface area contributed by atoms with Gasteiger partial charge in [0.15, 0.2) is 0 Å². The molecule has 4 rings (SSSR count). The van der Waals surface area contributed by atoms with E-state index in [0.717, 1.165) is 30.6 Å². The van der Waals surface area contributed by atoms with Crippen molar-refractivity contribution in [3.8, 4) is 5.75 Å². The number of amides is 1. The van der Waals surface area contributed by atoms with Gasteiger partial charge in [-0.25, -0.2) is 4.79 Å². The number of fused-ring (bicyclic) bond motifs is 1. The molecule has 148 valence electrons. The molecule has 1 saturated heterocycles. The largest absolute Gasteiger partial charge is 0.497 e. The third-order valence-corrected chi connectivity index (χ3v) is 6.34. The molecule has 0 radical (unpaired) electrons. The zero-order valence-electron chi connectivity index (χ0n) is 16.2. The first kappa shape index (κ1) is 18.8. The van der Waals surface area contributed by atoms with E-state index in [1.54, 1.807) is 7.11 Å². The first-order valence-corrected chi connectivity index (χ1v) is 9.92. The van der Waals surface area contributed by atoms with Crippen LogP contribution in [0, 0.1) is 0 Å². The van der Waals surface area contributed by atoms with E-state index < -0.39 is 0 Å². The molecule has 0 spiro atoms. The van der Waals surface area contributed by atoms with E-state index in [2.05, 4.69) is 12.1 Å². The van der Waals surface area contributed by atoms with Gasteiger partial charge in [0, 0.05) is 18.0 Å². The van der Waals surface area contributed by atoms with Crippen LogP contribution in [0.4, 0.5) is 4.79 Å². The van der Waals surface area contributed by atoms with Crippen LogP contribution >= 0.6 is 0 Å². The summed E-state index contributed by atoms with van der Waals surface area (Å²) in [5.41, 5.74) is 2.06. The smallest absolute Gasteiger partial charge is 0.410 e. The molecule has 1 N–H and O–H groups in total.